The zero-order valence-electron chi connectivity index (χ0n) is 10.9. The van der Waals surface area contributed by atoms with Gasteiger partial charge in [-0.05, 0) is 55.2 Å². The van der Waals surface area contributed by atoms with Gasteiger partial charge in [0.25, 0.3) is 0 Å². The number of aromatic nitrogens is 1. The standard InChI is InChI=1S/C16H16N2O/c1-10-9-12(5-7-14(10)17)16(19)13-6-4-11-3-2-8-18-15(11)13/h2-3,5,7-9,13H,4,6,17H2,1H3. The molecule has 1 aromatic heterocycles. The minimum absolute atomic E-state index is 0.0979. The van der Waals surface area contributed by atoms with Crippen molar-refractivity contribution >= 4 is 11.5 Å². The van der Waals surface area contributed by atoms with E-state index in [9.17, 15) is 4.79 Å². The molecule has 0 amide bonds. The van der Waals surface area contributed by atoms with E-state index in [2.05, 4.69) is 11.1 Å². The lowest BCUT2D eigenvalue weighted by Crippen LogP contribution is -2.11. The normalized spacial score (nSPS) is 17.2. The largest absolute Gasteiger partial charge is 0.399 e. The highest BCUT2D eigenvalue weighted by molar-refractivity contribution is 6.01. The fourth-order valence-electron chi connectivity index (χ4n) is 2.70. The van der Waals surface area contributed by atoms with Crippen LogP contribution < -0.4 is 5.73 Å². The fraction of sp³-hybridized carbons (Fsp3) is 0.250. The third kappa shape index (κ3) is 2.01. The molecule has 0 radical (unpaired) electrons. The monoisotopic (exact) mass is 252 g/mol. The lowest BCUT2D eigenvalue weighted by Gasteiger charge is -2.10. The molecule has 1 aliphatic rings. The summed E-state index contributed by atoms with van der Waals surface area (Å²) in [6.07, 6.45) is 3.56. The van der Waals surface area contributed by atoms with Crippen LogP contribution in [0, 0.1) is 6.92 Å². The third-order valence-electron chi connectivity index (χ3n) is 3.83. The van der Waals surface area contributed by atoms with Crippen molar-refractivity contribution in [2.24, 2.45) is 0 Å². The van der Waals surface area contributed by atoms with Crippen molar-refractivity contribution in [3.8, 4) is 0 Å². The highest BCUT2D eigenvalue weighted by atomic mass is 16.1. The Bertz CT molecular complexity index is 649. The van der Waals surface area contributed by atoms with Crippen molar-refractivity contribution in [1.82, 2.24) is 4.98 Å². The van der Waals surface area contributed by atoms with Gasteiger partial charge in [-0.3, -0.25) is 9.78 Å². The lowest BCUT2D eigenvalue weighted by atomic mass is 9.94. The van der Waals surface area contributed by atoms with E-state index in [1.807, 2.05) is 25.1 Å². The van der Waals surface area contributed by atoms with Crippen LogP contribution in [0.1, 0.15) is 39.5 Å². The Morgan fingerprint density at radius 3 is 3.00 bits per heavy atom. The maximum Gasteiger partial charge on any atom is 0.171 e. The van der Waals surface area contributed by atoms with E-state index < -0.39 is 0 Å². The number of ketones is 1. The van der Waals surface area contributed by atoms with Crippen molar-refractivity contribution in [2.45, 2.75) is 25.7 Å². The molecule has 1 heterocycles. The molecule has 3 rings (SSSR count). The van der Waals surface area contributed by atoms with Gasteiger partial charge in [-0.25, -0.2) is 0 Å². The van der Waals surface area contributed by atoms with E-state index in [-0.39, 0.29) is 11.7 Å². The van der Waals surface area contributed by atoms with Crippen molar-refractivity contribution in [2.75, 3.05) is 5.73 Å². The number of pyridine rings is 1. The van der Waals surface area contributed by atoms with Crippen LogP contribution in [0.5, 0.6) is 0 Å². The van der Waals surface area contributed by atoms with Crippen molar-refractivity contribution in [3.63, 3.8) is 0 Å². The van der Waals surface area contributed by atoms with Gasteiger partial charge < -0.3 is 5.73 Å². The Hall–Kier alpha value is -2.16. The number of hydrogen-bond donors (Lipinski definition) is 1. The summed E-state index contributed by atoms with van der Waals surface area (Å²) in [5.41, 5.74) is 10.3. The highest BCUT2D eigenvalue weighted by Gasteiger charge is 2.30. The van der Waals surface area contributed by atoms with E-state index in [1.54, 1.807) is 12.3 Å². The van der Waals surface area contributed by atoms with Crippen LogP contribution in [0.2, 0.25) is 0 Å². The smallest absolute Gasteiger partial charge is 0.171 e. The van der Waals surface area contributed by atoms with Crippen molar-refractivity contribution < 1.29 is 4.79 Å². The summed E-state index contributed by atoms with van der Waals surface area (Å²) in [7, 11) is 0. The topological polar surface area (TPSA) is 56.0 Å². The molecule has 1 aliphatic carbocycles. The molecule has 0 saturated carbocycles. The van der Waals surface area contributed by atoms with E-state index in [1.165, 1.54) is 5.56 Å². The lowest BCUT2D eigenvalue weighted by molar-refractivity contribution is 0.0958. The minimum Gasteiger partial charge on any atom is -0.399 e. The number of anilines is 1. The molecular weight excluding hydrogens is 236 g/mol. The van der Waals surface area contributed by atoms with Crippen LogP contribution in [-0.4, -0.2) is 10.8 Å². The predicted molar refractivity (Wildman–Crippen MR) is 75.2 cm³/mol. The molecule has 2 aromatic rings. The van der Waals surface area contributed by atoms with Gasteiger partial charge in [0.05, 0.1) is 11.6 Å². The van der Waals surface area contributed by atoms with Crippen LogP contribution >= 0.6 is 0 Å². The molecule has 1 aromatic carbocycles. The van der Waals surface area contributed by atoms with Crippen LogP contribution in [0.3, 0.4) is 0 Å². The van der Waals surface area contributed by atoms with Crippen LogP contribution in [0.4, 0.5) is 5.69 Å². The SMILES string of the molecule is Cc1cc(C(=O)C2CCc3cccnc32)ccc1N. The summed E-state index contributed by atoms with van der Waals surface area (Å²) in [5.74, 6) is 0.0553. The first-order valence-electron chi connectivity index (χ1n) is 6.51. The number of benzene rings is 1. The molecule has 3 heteroatoms. The van der Waals surface area contributed by atoms with Gasteiger partial charge in [-0.2, -0.15) is 0 Å². The number of Topliss-reactive ketones (excluding diaryl/α,β-unsaturated/α-hetero) is 1. The summed E-state index contributed by atoms with van der Waals surface area (Å²) in [5, 5.41) is 0. The van der Waals surface area contributed by atoms with Crippen LogP contribution in [0.15, 0.2) is 36.5 Å². The molecule has 0 aliphatic heterocycles. The van der Waals surface area contributed by atoms with Gasteiger partial charge >= 0.3 is 0 Å². The first kappa shape index (κ1) is 11.9. The second kappa shape index (κ2) is 4.50. The summed E-state index contributed by atoms with van der Waals surface area (Å²) in [6, 6.07) is 9.48. The molecule has 0 fully saturated rings. The number of rotatable bonds is 2. The maximum absolute atomic E-state index is 12.6. The molecular formula is C16H16N2O. The number of nitrogens with two attached hydrogens (primary N) is 1. The van der Waals surface area contributed by atoms with Gasteiger partial charge in [-0.15, -0.1) is 0 Å². The summed E-state index contributed by atoms with van der Waals surface area (Å²) >= 11 is 0. The average Bonchev–Trinajstić information content (AvgIpc) is 2.85. The Morgan fingerprint density at radius 2 is 2.21 bits per heavy atom. The van der Waals surface area contributed by atoms with Crippen LogP contribution in [-0.2, 0) is 6.42 Å². The number of carbonyl (C=O) groups is 1. The molecule has 1 atom stereocenters. The van der Waals surface area contributed by atoms with E-state index in [4.69, 9.17) is 5.73 Å². The first-order valence-corrected chi connectivity index (χ1v) is 6.51. The number of nitrogens with zero attached hydrogens (tertiary/aromatic N) is 1. The fourth-order valence-corrected chi connectivity index (χ4v) is 2.70. The maximum atomic E-state index is 12.6. The molecule has 96 valence electrons. The number of fused-ring (bicyclic) bond motifs is 1. The van der Waals surface area contributed by atoms with Gasteiger partial charge in [0.2, 0.25) is 0 Å². The predicted octanol–water partition coefficient (Wildman–Crippen LogP) is 2.88. The second-order valence-electron chi connectivity index (χ2n) is 5.07. The second-order valence-corrected chi connectivity index (χ2v) is 5.07. The number of carbonyl (C=O) groups excluding carboxylic acids is 1. The molecule has 0 saturated heterocycles. The number of hydrogen-bond acceptors (Lipinski definition) is 3. The quantitative estimate of drug-likeness (QED) is 0.660. The number of aryl methyl sites for hydroxylation is 2. The van der Waals surface area contributed by atoms with Crippen molar-refractivity contribution in [3.05, 3.63) is 58.9 Å². The first-order chi connectivity index (χ1) is 9.16. The van der Waals surface area contributed by atoms with Gasteiger partial charge in [0, 0.05) is 17.4 Å². The summed E-state index contributed by atoms with van der Waals surface area (Å²) in [6.45, 7) is 1.92. The minimum atomic E-state index is -0.0979. The Morgan fingerprint density at radius 1 is 1.37 bits per heavy atom. The van der Waals surface area contributed by atoms with Gasteiger partial charge in [-0.1, -0.05) is 6.07 Å². The third-order valence-corrected chi connectivity index (χ3v) is 3.83. The molecule has 2 N–H and O–H groups in total. The van der Waals surface area contributed by atoms with E-state index >= 15 is 0 Å². The van der Waals surface area contributed by atoms with Gasteiger partial charge in [0.1, 0.15) is 0 Å². The Kier molecular flexibility index (Phi) is 2.82. The Balaban J connectivity index is 1.95. The molecule has 0 spiro atoms. The highest BCUT2D eigenvalue weighted by Crippen LogP contribution is 2.34. The van der Waals surface area contributed by atoms with Crippen LogP contribution in [0.25, 0.3) is 0 Å². The Labute approximate surface area is 112 Å². The van der Waals surface area contributed by atoms with Gasteiger partial charge in [0.15, 0.2) is 5.78 Å². The molecule has 19 heavy (non-hydrogen) atoms. The summed E-state index contributed by atoms with van der Waals surface area (Å²) < 4.78 is 0. The molecule has 0 bridgehead atoms. The zero-order chi connectivity index (χ0) is 13.4. The van der Waals surface area contributed by atoms with E-state index in [0.29, 0.717) is 0 Å². The average molecular weight is 252 g/mol. The molecule has 3 nitrogen and oxygen atoms in total. The van der Waals surface area contributed by atoms with Crippen molar-refractivity contribution in [1.29, 1.82) is 0 Å². The summed E-state index contributed by atoms with van der Waals surface area (Å²) in [4.78, 5) is 17.0. The number of nitrogen functional groups attached to an aromatic ring is 1. The van der Waals surface area contributed by atoms with E-state index in [0.717, 1.165) is 35.3 Å². The zero-order valence-corrected chi connectivity index (χ0v) is 10.9. The molecule has 1 unspecified atom stereocenters.